The van der Waals surface area contributed by atoms with Crippen LogP contribution in [0.2, 0.25) is 5.02 Å². The van der Waals surface area contributed by atoms with Crippen molar-refractivity contribution in [3.63, 3.8) is 0 Å². The molecule has 0 fully saturated rings. The molecule has 0 heterocycles. The summed E-state index contributed by atoms with van der Waals surface area (Å²) in [6, 6.07) is 15.0. The monoisotopic (exact) mass is 315 g/mol. The van der Waals surface area contributed by atoms with Gasteiger partial charge < -0.3 is 9.64 Å². The van der Waals surface area contributed by atoms with Crippen molar-refractivity contribution >= 4 is 23.2 Å². The van der Waals surface area contributed by atoms with Crippen LogP contribution in [0, 0.1) is 0 Å². The molecule has 114 valence electrons. The Morgan fingerprint density at radius 2 is 1.91 bits per heavy atom. The van der Waals surface area contributed by atoms with E-state index in [0.29, 0.717) is 28.6 Å². The molecule has 0 spiro atoms. The SMILES string of the molecule is C=C(C)C(=O)N(Cc1ccccc1)c1ccc(OC)cc1Cl. The van der Waals surface area contributed by atoms with Crippen molar-refractivity contribution in [1.29, 1.82) is 0 Å². The lowest BCUT2D eigenvalue weighted by Crippen LogP contribution is -2.31. The molecule has 0 aliphatic carbocycles. The van der Waals surface area contributed by atoms with Crippen molar-refractivity contribution in [2.45, 2.75) is 13.5 Å². The molecule has 0 bridgehead atoms. The number of amides is 1. The molecule has 0 aliphatic rings. The van der Waals surface area contributed by atoms with Crippen molar-refractivity contribution in [2.24, 2.45) is 0 Å². The summed E-state index contributed by atoms with van der Waals surface area (Å²) in [4.78, 5) is 14.1. The first-order chi connectivity index (χ1) is 10.5. The summed E-state index contributed by atoms with van der Waals surface area (Å²) in [7, 11) is 1.58. The summed E-state index contributed by atoms with van der Waals surface area (Å²) in [6.07, 6.45) is 0. The van der Waals surface area contributed by atoms with Crippen LogP contribution in [0.4, 0.5) is 5.69 Å². The highest BCUT2D eigenvalue weighted by Crippen LogP contribution is 2.31. The fourth-order valence-corrected chi connectivity index (χ4v) is 2.37. The van der Waals surface area contributed by atoms with Crippen molar-refractivity contribution in [3.05, 3.63) is 71.3 Å². The molecule has 0 aliphatic heterocycles. The van der Waals surface area contributed by atoms with Gasteiger partial charge in [0.1, 0.15) is 5.75 Å². The molecular weight excluding hydrogens is 298 g/mol. The molecule has 3 nitrogen and oxygen atoms in total. The van der Waals surface area contributed by atoms with Crippen molar-refractivity contribution in [2.75, 3.05) is 12.0 Å². The molecule has 0 unspecified atom stereocenters. The third-order valence-corrected chi connectivity index (χ3v) is 3.54. The average Bonchev–Trinajstić information content (AvgIpc) is 2.53. The zero-order chi connectivity index (χ0) is 16.1. The molecule has 0 saturated carbocycles. The van der Waals surface area contributed by atoms with Gasteiger partial charge in [-0.05, 0) is 24.6 Å². The second kappa shape index (κ2) is 7.14. The highest BCUT2D eigenvalue weighted by atomic mass is 35.5. The Bertz CT molecular complexity index is 683. The van der Waals surface area contributed by atoms with E-state index in [4.69, 9.17) is 16.3 Å². The Hall–Kier alpha value is -2.26. The number of carbonyl (C=O) groups excluding carboxylic acids is 1. The number of carbonyl (C=O) groups is 1. The molecule has 1 amide bonds. The lowest BCUT2D eigenvalue weighted by Gasteiger charge is -2.24. The molecule has 0 atom stereocenters. The predicted molar refractivity (Wildman–Crippen MR) is 90.5 cm³/mol. The highest BCUT2D eigenvalue weighted by Gasteiger charge is 2.19. The molecule has 0 aromatic heterocycles. The number of rotatable bonds is 5. The lowest BCUT2D eigenvalue weighted by molar-refractivity contribution is -0.115. The second-order valence-electron chi connectivity index (χ2n) is 4.97. The Balaban J connectivity index is 2.40. The molecule has 2 rings (SSSR count). The van der Waals surface area contributed by atoms with Crippen LogP contribution < -0.4 is 9.64 Å². The van der Waals surface area contributed by atoms with Gasteiger partial charge in [-0.3, -0.25) is 4.79 Å². The van der Waals surface area contributed by atoms with Gasteiger partial charge in [-0.1, -0.05) is 48.5 Å². The van der Waals surface area contributed by atoms with E-state index < -0.39 is 0 Å². The van der Waals surface area contributed by atoms with Crippen LogP contribution in [0.5, 0.6) is 5.75 Å². The summed E-state index contributed by atoms with van der Waals surface area (Å²) in [6.45, 7) is 5.87. The van der Waals surface area contributed by atoms with Gasteiger partial charge in [-0.2, -0.15) is 0 Å². The van der Waals surface area contributed by atoms with Gasteiger partial charge in [0.25, 0.3) is 5.91 Å². The van der Waals surface area contributed by atoms with E-state index in [0.717, 1.165) is 5.56 Å². The summed E-state index contributed by atoms with van der Waals surface area (Å²) >= 11 is 6.31. The van der Waals surface area contributed by atoms with Gasteiger partial charge in [-0.15, -0.1) is 0 Å². The topological polar surface area (TPSA) is 29.5 Å². The minimum atomic E-state index is -0.157. The molecule has 0 N–H and O–H groups in total. The van der Waals surface area contributed by atoms with Gasteiger partial charge in [0.2, 0.25) is 0 Å². The van der Waals surface area contributed by atoms with Gasteiger partial charge in [0.15, 0.2) is 0 Å². The van der Waals surface area contributed by atoms with E-state index in [-0.39, 0.29) is 5.91 Å². The van der Waals surface area contributed by atoms with Crippen molar-refractivity contribution in [1.82, 2.24) is 0 Å². The Morgan fingerprint density at radius 3 is 2.45 bits per heavy atom. The number of halogens is 1. The number of nitrogens with zero attached hydrogens (tertiary/aromatic N) is 1. The van der Waals surface area contributed by atoms with Crippen LogP contribution >= 0.6 is 11.6 Å². The lowest BCUT2D eigenvalue weighted by atomic mass is 10.1. The maximum Gasteiger partial charge on any atom is 0.253 e. The molecule has 0 saturated heterocycles. The van der Waals surface area contributed by atoms with Crippen molar-refractivity contribution in [3.8, 4) is 5.75 Å². The Morgan fingerprint density at radius 1 is 1.23 bits per heavy atom. The number of anilines is 1. The van der Waals surface area contributed by atoms with Crippen LogP contribution in [-0.4, -0.2) is 13.0 Å². The first kappa shape index (κ1) is 16.1. The van der Waals surface area contributed by atoms with Gasteiger partial charge in [0, 0.05) is 11.6 Å². The first-order valence-electron chi connectivity index (χ1n) is 6.87. The standard InChI is InChI=1S/C18H18ClNO2/c1-13(2)18(21)20(12-14-7-5-4-6-8-14)17-10-9-15(22-3)11-16(17)19/h4-11H,1,12H2,2-3H3. The van der Waals surface area contributed by atoms with Gasteiger partial charge in [-0.25, -0.2) is 0 Å². The van der Waals surface area contributed by atoms with Crippen molar-refractivity contribution < 1.29 is 9.53 Å². The van der Waals surface area contributed by atoms with Gasteiger partial charge >= 0.3 is 0 Å². The van der Waals surface area contributed by atoms with E-state index in [1.807, 2.05) is 30.3 Å². The van der Waals surface area contributed by atoms with E-state index in [1.54, 1.807) is 37.1 Å². The van der Waals surface area contributed by atoms with Crippen LogP contribution in [0.25, 0.3) is 0 Å². The molecule has 2 aromatic rings. The summed E-state index contributed by atoms with van der Waals surface area (Å²) in [5.74, 6) is 0.493. The number of methoxy groups -OCH3 is 1. The van der Waals surface area contributed by atoms with Gasteiger partial charge in [0.05, 0.1) is 24.4 Å². The maximum absolute atomic E-state index is 12.5. The largest absolute Gasteiger partial charge is 0.497 e. The number of ether oxygens (including phenoxy) is 1. The minimum absolute atomic E-state index is 0.157. The second-order valence-corrected chi connectivity index (χ2v) is 5.38. The smallest absolute Gasteiger partial charge is 0.253 e. The van der Waals surface area contributed by atoms with E-state index >= 15 is 0 Å². The van der Waals surface area contributed by atoms with Crippen LogP contribution in [0.3, 0.4) is 0 Å². The Labute approximate surface area is 135 Å². The number of hydrogen-bond donors (Lipinski definition) is 0. The molecule has 4 heteroatoms. The molecular formula is C18H18ClNO2. The predicted octanol–water partition coefficient (Wildman–Crippen LogP) is 4.46. The third kappa shape index (κ3) is 3.68. The normalized spacial score (nSPS) is 10.1. The average molecular weight is 316 g/mol. The van der Waals surface area contributed by atoms with Crippen LogP contribution in [0.15, 0.2) is 60.7 Å². The van der Waals surface area contributed by atoms with Crippen LogP contribution in [0.1, 0.15) is 12.5 Å². The highest BCUT2D eigenvalue weighted by molar-refractivity contribution is 6.34. The van der Waals surface area contributed by atoms with Crippen LogP contribution in [-0.2, 0) is 11.3 Å². The molecule has 2 aromatic carbocycles. The Kier molecular flexibility index (Phi) is 5.23. The number of hydrogen-bond acceptors (Lipinski definition) is 2. The quantitative estimate of drug-likeness (QED) is 0.762. The van der Waals surface area contributed by atoms with E-state index in [2.05, 4.69) is 6.58 Å². The zero-order valence-electron chi connectivity index (χ0n) is 12.7. The fraction of sp³-hybridized carbons (Fsp3) is 0.167. The first-order valence-corrected chi connectivity index (χ1v) is 7.25. The zero-order valence-corrected chi connectivity index (χ0v) is 13.4. The third-order valence-electron chi connectivity index (χ3n) is 3.24. The molecule has 22 heavy (non-hydrogen) atoms. The van der Waals surface area contributed by atoms with E-state index in [1.165, 1.54) is 0 Å². The summed E-state index contributed by atoms with van der Waals surface area (Å²) in [5, 5.41) is 0.463. The summed E-state index contributed by atoms with van der Waals surface area (Å²) in [5.41, 5.74) is 2.12. The maximum atomic E-state index is 12.5. The number of benzene rings is 2. The molecule has 0 radical (unpaired) electrons. The minimum Gasteiger partial charge on any atom is -0.497 e. The van der Waals surface area contributed by atoms with E-state index in [9.17, 15) is 4.79 Å². The summed E-state index contributed by atoms with van der Waals surface area (Å²) < 4.78 is 5.15. The fourth-order valence-electron chi connectivity index (χ4n) is 2.10.